The number of benzene rings is 3. The van der Waals surface area contributed by atoms with E-state index in [2.05, 4.69) is 15.5 Å². The quantitative estimate of drug-likeness (QED) is 0.185. The topological polar surface area (TPSA) is 121 Å². The number of para-hydroxylation sites is 1. The smallest absolute Gasteiger partial charge is 0.274 e. The summed E-state index contributed by atoms with van der Waals surface area (Å²) in [6, 6.07) is 21.3. The molecule has 0 radical (unpaired) electrons. The SMILES string of the molecule is COc1ccc(OCc2nnc(SCC(=O)Nc3ccc(C)c([N+](=O)[O-])c3)n2-c2ccccc2)cc1. The Balaban J connectivity index is 1.47. The van der Waals surface area contributed by atoms with E-state index in [4.69, 9.17) is 9.47 Å². The van der Waals surface area contributed by atoms with Gasteiger partial charge in [0.1, 0.15) is 18.1 Å². The van der Waals surface area contributed by atoms with Crippen LogP contribution in [0.3, 0.4) is 0 Å². The summed E-state index contributed by atoms with van der Waals surface area (Å²) in [7, 11) is 1.60. The van der Waals surface area contributed by atoms with Crippen LogP contribution in [0.15, 0.2) is 78.0 Å². The van der Waals surface area contributed by atoms with E-state index in [1.807, 2.05) is 34.9 Å². The number of carbonyl (C=O) groups is 1. The van der Waals surface area contributed by atoms with E-state index in [9.17, 15) is 14.9 Å². The van der Waals surface area contributed by atoms with Gasteiger partial charge in [-0.3, -0.25) is 19.5 Å². The highest BCUT2D eigenvalue weighted by atomic mass is 32.2. The molecule has 184 valence electrons. The van der Waals surface area contributed by atoms with Gasteiger partial charge in [0, 0.05) is 23.0 Å². The van der Waals surface area contributed by atoms with E-state index in [0.717, 1.165) is 11.4 Å². The van der Waals surface area contributed by atoms with Crippen molar-refractivity contribution in [3.05, 3.63) is 94.3 Å². The lowest BCUT2D eigenvalue weighted by Crippen LogP contribution is -2.15. The Hall–Kier alpha value is -4.38. The van der Waals surface area contributed by atoms with E-state index in [0.29, 0.717) is 28.0 Å². The summed E-state index contributed by atoms with van der Waals surface area (Å²) in [4.78, 5) is 23.3. The first-order valence-corrected chi connectivity index (χ1v) is 11.9. The summed E-state index contributed by atoms with van der Waals surface area (Å²) in [6.45, 7) is 1.81. The van der Waals surface area contributed by atoms with Crippen molar-refractivity contribution in [3.63, 3.8) is 0 Å². The van der Waals surface area contributed by atoms with E-state index in [1.54, 1.807) is 50.4 Å². The van der Waals surface area contributed by atoms with Crippen molar-refractivity contribution >= 4 is 29.0 Å². The van der Waals surface area contributed by atoms with Crippen molar-refractivity contribution < 1.29 is 19.2 Å². The minimum absolute atomic E-state index is 0.0337. The van der Waals surface area contributed by atoms with Crippen LogP contribution in [0.5, 0.6) is 11.5 Å². The number of hydrogen-bond donors (Lipinski definition) is 1. The van der Waals surface area contributed by atoms with Crippen molar-refractivity contribution in [2.75, 3.05) is 18.2 Å². The van der Waals surface area contributed by atoms with Crippen molar-refractivity contribution in [2.45, 2.75) is 18.7 Å². The summed E-state index contributed by atoms with van der Waals surface area (Å²) in [6.07, 6.45) is 0. The summed E-state index contributed by atoms with van der Waals surface area (Å²) in [5, 5.41) is 22.9. The van der Waals surface area contributed by atoms with Gasteiger partial charge < -0.3 is 14.8 Å². The molecule has 10 nitrogen and oxygen atoms in total. The van der Waals surface area contributed by atoms with E-state index < -0.39 is 4.92 Å². The Labute approximate surface area is 211 Å². The number of nitro benzene ring substituents is 1. The van der Waals surface area contributed by atoms with Crippen LogP contribution in [0.2, 0.25) is 0 Å². The predicted octanol–water partition coefficient (Wildman–Crippen LogP) is 4.80. The Morgan fingerprint density at radius 3 is 2.47 bits per heavy atom. The van der Waals surface area contributed by atoms with Gasteiger partial charge in [0.05, 0.1) is 17.8 Å². The Morgan fingerprint density at radius 2 is 1.78 bits per heavy atom. The second kappa shape index (κ2) is 11.4. The van der Waals surface area contributed by atoms with Gasteiger partial charge in [-0.2, -0.15) is 0 Å². The summed E-state index contributed by atoms with van der Waals surface area (Å²) in [5.41, 5.74) is 1.66. The monoisotopic (exact) mass is 505 g/mol. The lowest BCUT2D eigenvalue weighted by atomic mass is 10.2. The maximum atomic E-state index is 12.6. The van der Waals surface area contributed by atoms with Gasteiger partial charge in [0.2, 0.25) is 5.91 Å². The molecule has 0 saturated carbocycles. The molecule has 0 fully saturated rings. The zero-order chi connectivity index (χ0) is 25.5. The second-order valence-electron chi connectivity index (χ2n) is 7.63. The number of methoxy groups -OCH3 is 1. The van der Waals surface area contributed by atoms with E-state index >= 15 is 0 Å². The second-order valence-corrected chi connectivity index (χ2v) is 8.57. The number of hydrogen-bond acceptors (Lipinski definition) is 8. The molecular weight excluding hydrogens is 482 g/mol. The van der Waals surface area contributed by atoms with Crippen LogP contribution < -0.4 is 14.8 Å². The molecule has 0 saturated heterocycles. The lowest BCUT2D eigenvalue weighted by Gasteiger charge is -2.11. The average molecular weight is 506 g/mol. The van der Waals surface area contributed by atoms with E-state index in [-0.39, 0.29) is 24.0 Å². The van der Waals surface area contributed by atoms with Crippen LogP contribution >= 0.6 is 11.8 Å². The fourth-order valence-corrected chi connectivity index (χ4v) is 4.13. The molecule has 11 heteroatoms. The highest BCUT2D eigenvalue weighted by molar-refractivity contribution is 7.99. The first-order valence-electron chi connectivity index (χ1n) is 10.9. The number of thioether (sulfide) groups is 1. The maximum Gasteiger partial charge on any atom is 0.274 e. The molecule has 4 aromatic rings. The largest absolute Gasteiger partial charge is 0.497 e. The summed E-state index contributed by atoms with van der Waals surface area (Å²) < 4.78 is 12.9. The first kappa shape index (κ1) is 24.7. The number of nitrogens with one attached hydrogen (secondary N) is 1. The van der Waals surface area contributed by atoms with Crippen molar-refractivity contribution in [1.82, 2.24) is 14.8 Å². The Kier molecular flexibility index (Phi) is 7.81. The minimum Gasteiger partial charge on any atom is -0.497 e. The number of ether oxygens (including phenoxy) is 2. The Morgan fingerprint density at radius 1 is 1.06 bits per heavy atom. The number of nitro groups is 1. The van der Waals surface area contributed by atoms with Gasteiger partial charge in [-0.05, 0) is 49.4 Å². The molecule has 0 aliphatic heterocycles. The molecule has 1 aromatic heterocycles. The predicted molar refractivity (Wildman–Crippen MR) is 136 cm³/mol. The molecule has 0 atom stereocenters. The third kappa shape index (κ3) is 5.99. The molecule has 36 heavy (non-hydrogen) atoms. The molecule has 1 heterocycles. The molecule has 1 amide bonds. The molecule has 3 aromatic carbocycles. The lowest BCUT2D eigenvalue weighted by molar-refractivity contribution is -0.385. The fourth-order valence-electron chi connectivity index (χ4n) is 3.35. The number of rotatable bonds is 10. The maximum absolute atomic E-state index is 12.6. The van der Waals surface area contributed by atoms with Crippen LogP contribution in [0.25, 0.3) is 5.69 Å². The van der Waals surface area contributed by atoms with Gasteiger partial charge in [0.15, 0.2) is 11.0 Å². The molecule has 0 unspecified atom stereocenters. The van der Waals surface area contributed by atoms with Crippen molar-refractivity contribution in [2.24, 2.45) is 0 Å². The number of amides is 1. The van der Waals surface area contributed by atoms with Gasteiger partial charge in [-0.25, -0.2) is 0 Å². The standard InChI is InChI=1S/C25H23N5O5S/c1-17-8-9-18(14-22(17)30(32)33)26-24(31)16-36-25-28-27-23(29(25)19-6-4-3-5-7-19)15-35-21-12-10-20(34-2)11-13-21/h3-14H,15-16H2,1-2H3,(H,26,31). The van der Waals surface area contributed by atoms with Crippen LogP contribution in [0.1, 0.15) is 11.4 Å². The van der Waals surface area contributed by atoms with E-state index in [1.165, 1.54) is 17.8 Å². The first-order chi connectivity index (χ1) is 17.4. The van der Waals surface area contributed by atoms with Crippen LogP contribution in [0.4, 0.5) is 11.4 Å². The van der Waals surface area contributed by atoms with Gasteiger partial charge in [0.25, 0.3) is 5.69 Å². The number of carbonyl (C=O) groups excluding carboxylic acids is 1. The third-order valence-corrected chi connectivity index (χ3v) is 6.09. The minimum atomic E-state index is -0.475. The van der Waals surface area contributed by atoms with Crippen LogP contribution in [-0.2, 0) is 11.4 Å². The fraction of sp³-hybridized carbons (Fsp3) is 0.160. The third-order valence-electron chi connectivity index (χ3n) is 5.16. The highest BCUT2D eigenvalue weighted by Crippen LogP contribution is 2.25. The zero-order valence-corrected chi connectivity index (χ0v) is 20.4. The number of aromatic nitrogens is 3. The Bertz CT molecular complexity index is 1360. The zero-order valence-electron chi connectivity index (χ0n) is 19.6. The summed E-state index contributed by atoms with van der Waals surface area (Å²) >= 11 is 1.20. The van der Waals surface area contributed by atoms with Crippen LogP contribution in [-0.4, -0.2) is 38.5 Å². The van der Waals surface area contributed by atoms with Crippen molar-refractivity contribution in [1.29, 1.82) is 0 Å². The highest BCUT2D eigenvalue weighted by Gasteiger charge is 2.17. The van der Waals surface area contributed by atoms with Gasteiger partial charge in [-0.15, -0.1) is 10.2 Å². The number of anilines is 1. The summed E-state index contributed by atoms with van der Waals surface area (Å²) in [5.74, 6) is 1.66. The molecular formula is C25H23N5O5S. The van der Waals surface area contributed by atoms with Gasteiger partial charge in [-0.1, -0.05) is 36.0 Å². The molecule has 0 aliphatic rings. The molecule has 0 aliphatic carbocycles. The number of nitrogens with zero attached hydrogens (tertiary/aromatic N) is 4. The molecule has 4 rings (SSSR count). The molecule has 0 bridgehead atoms. The normalized spacial score (nSPS) is 10.6. The molecule has 1 N–H and O–H groups in total. The van der Waals surface area contributed by atoms with Crippen LogP contribution in [0, 0.1) is 17.0 Å². The van der Waals surface area contributed by atoms with Crippen molar-refractivity contribution in [3.8, 4) is 17.2 Å². The number of aryl methyl sites for hydroxylation is 1. The average Bonchev–Trinajstić information content (AvgIpc) is 3.30. The van der Waals surface area contributed by atoms with Gasteiger partial charge >= 0.3 is 0 Å². The molecule has 0 spiro atoms.